The van der Waals surface area contributed by atoms with Crippen molar-refractivity contribution in [1.82, 2.24) is 19.6 Å². The molecular formula is C11H13N5O3. The first-order valence-corrected chi connectivity index (χ1v) is 5.56. The van der Waals surface area contributed by atoms with Crippen LogP contribution >= 0.6 is 0 Å². The van der Waals surface area contributed by atoms with Crippen molar-refractivity contribution in [3.63, 3.8) is 0 Å². The van der Waals surface area contributed by atoms with Crippen LogP contribution in [0, 0.1) is 6.92 Å². The van der Waals surface area contributed by atoms with Gasteiger partial charge in [-0.25, -0.2) is 0 Å². The van der Waals surface area contributed by atoms with E-state index in [1.165, 1.54) is 21.8 Å². The van der Waals surface area contributed by atoms with Gasteiger partial charge in [0.25, 0.3) is 0 Å². The minimum atomic E-state index is -0.993. The number of nitrogens with one attached hydrogen (secondary N) is 1. The Labute approximate surface area is 108 Å². The number of amides is 1. The first-order valence-electron chi connectivity index (χ1n) is 5.56. The van der Waals surface area contributed by atoms with Gasteiger partial charge in [0.15, 0.2) is 0 Å². The Morgan fingerprint density at radius 1 is 1.21 bits per heavy atom. The molecule has 8 nitrogen and oxygen atoms in total. The van der Waals surface area contributed by atoms with E-state index in [0.717, 1.165) is 5.56 Å². The fourth-order valence-corrected chi connectivity index (χ4v) is 1.55. The molecule has 2 aromatic heterocycles. The Morgan fingerprint density at radius 3 is 2.53 bits per heavy atom. The zero-order chi connectivity index (χ0) is 13.8. The van der Waals surface area contributed by atoms with E-state index in [-0.39, 0.29) is 19.0 Å². The summed E-state index contributed by atoms with van der Waals surface area (Å²) in [6.45, 7) is 1.74. The summed E-state index contributed by atoms with van der Waals surface area (Å²) in [5.74, 6) is -1.24. The predicted octanol–water partition coefficient (Wildman–Crippen LogP) is 0.111. The molecule has 0 aliphatic heterocycles. The number of aliphatic carboxylic acids is 1. The number of carboxylic acids is 1. The van der Waals surface area contributed by atoms with E-state index in [1.54, 1.807) is 12.4 Å². The minimum Gasteiger partial charge on any atom is -0.480 e. The van der Waals surface area contributed by atoms with Crippen LogP contribution in [-0.2, 0) is 22.7 Å². The molecule has 0 unspecified atom stereocenters. The molecule has 0 aromatic carbocycles. The van der Waals surface area contributed by atoms with Gasteiger partial charge in [0.2, 0.25) is 5.91 Å². The molecular weight excluding hydrogens is 250 g/mol. The number of anilines is 1. The highest BCUT2D eigenvalue weighted by Gasteiger charge is 2.07. The molecule has 0 bridgehead atoms. The van der Waals surface area contributed by atoms with Gasteiger partial charge in [-0.1, -0.05) is 0 Å². The topological polar surface area (TPSA) is 102 Å². The van der Waals surface area contributed by atoms with Gasteiger partial charge in [-0.15, -0.1) is 0 Å². The highest BCUT2D eigenvalue weighted by molar-refractivity contribution is 5.90. The first-order chi connectivity index (χ1) is 9.02. The Hall–Kier alpha value is -2.64. The van der Waals surface area contributed by atoms with Crippen LogP contribution in [0.15, 0.2) is 24.8 Å². The van der Waals surface area contributed by atoms with Crippen LogP contribution in [0.4, 0.5) is 5.69 Å². The summed E-state index contributed by atoms with van der Waals surface area (Å²) in [4.78, 5) is 22.2. The molecule has 19 heavy (non-hydrogen) atoms. The maximum atomic E-state index is 11.7. The molecule has 0 spiro atoms. The molecule has 0 radical (unpaired) electrons. The summed E-state index contributed by atoms with van der Waals surface area (Å²) in [5.41, 5.74) is 1.43. The van der Waals surface area contributed by atoms with E-state index in [9.17, 15) is 9.59 Å². The van der Waals surface area contributed by atoms with Crippen LogP contribution in [0.3, 0.4) is 0 Å². The van der Waals surface area contributed by atoms with E-state index in [4.69, 9.17) is 5.11 Å². The lowest BCUT2D eigenvalue weighted by Gasteiger charge is -2.02. The fraction of sp³-hybridized carbons (Fsp3) is 0.273. The minimum absolute atomic E-state index is 0.0952. The summed E-state index contributed by atoms with van der Waals surface area (Å²) in [6, 6.07) is 0. The largest absolute Gasteiger partial charge is 0.480 e. The van der Waals surface area contributed by atoms with Gasteiger partial charge in [0.1, 0.15) is 13.1 Å². The number of hydrogen-bond acceptors (Lipinski definition) is 4. The quantitative estimate of drug-likeness (QED) is 0.797. The van der Waals surface area contributed by atoms with Crippen LogP contribution in [0.25, 0.3) is 0 Å². The number of nitrogens with zero attached hydrogens (tertiary/aromatic N) is 4. The molecule has 2 N–H and O–H groups in total. The number of carboxylic acid groups (broad SMARTS) is 1. The summed E-state index contributed by atoms with van der Waals surface area (Å²) in [6.07, 6.45) is 6.28. The van der Waals surface area contributed by atoms with Gasteiger partial charge in [0, 0.05) is 12.4 Å². The fourth-order valence-electron chi connectivity index (χ4n) is 1.55. The summed E-state index contributed by atoms with van der Waals surface area (Å²) in [5, 5.41) is 19.0. The summed E-state index contributed by atoms with van der Waals surface area (Å²) in [7, 11) is 0. The Kier molecular flexibility index (Phi) is 3.60. The Morgan fingerprint density at radius 2 is 1.89 bits per heavy atom. The molecule has 0 aliphatic rings. The molecule has 8 heteroatoms. The zero-order valence-electron chi connectivity index (χ0n) is 10.3. The molecule has 1 amide bonds. The van der Waals surface area contributed by atoms with Crippen molar-refractivity contribution in [2.75, 3.05) is 5.32 Å². The van der Waals surface area contributed by atoms with Crippen molar-refractivity contribution in [2.45, 2.75) is 20.0 Å². The molecule has 0 aliphatic carbocycles. The van der Waals surface area contributed by atoms with Crippen LogP contribution in [-0.4, -0.2) is 36.5 Å². The van der Waals surface area contributed by atoms with E-state index in [2.05, 4.69) is 15.5 Å². The van der Waals surface area contributed by atoms with Crippen LogP contribution in [0.2, 0.25) is 0 Å². The van der Waals surface area contributed by atoms with Crippen LogP contribution < -0.4 is 5.32 Å². The van der Waals surface area contributed by atoms with Gasteiger partial charge in [-0.2, -0.15) is 10.2 Å². The molecule has 0 saturated carbocycles. The second-order valence-corrected chi connectivity index (χ2v) is 4.08. The lowest BCUT2D eigenvalue weighted by atomic mass is 10.4. The average molecular weight is 263 g/mol. The SMILES string of the molecule is Cc1cnn(CC(=O)Nc2cnn(CC(=O)O)c2)c1. The molecule has 0 atom stereocenters. The van der Waals surface area contributed by atoms with Crippen LogP contribution in [0.5, 0.6) is 0 Å². The number of carbonyl (C=O) groups is 2. The number of aryl methyl sites for hydroxylation is 1. The standard InChI is InChI=1S/C11H13N5O3/c1-8-2-12-15(4-8)6-10(17)14-9-3-13-16(5-9)7-11(18)19/h2-5H,6-7H2,1H3,(H,14,17)(H,18,19). The van der Waals surface area contributed by atoms with Gasteiger partial charge in [0.05, 0.1) is 18.1 Å². The average Bonchev–Trinajstić information content (AvgIpc) is 2.88. The summed E-state index contributed by atoms with van der Waals surface area (Å²) >= 11 is 0. The van der Waals surface area contributed by atoms with Crippen LogP contribution in [0.1, 0.15) is 5.56 Å². The Bertz CT molecular complexity index is 601. The lowest BCUT2D eigenvalue weighted by Crippen LogP contribution is -2.18. The second-order valence-electron chi connectivity index (χ2n) is 4.08. The third-order valence-electron chi connectivity index (χ3n) is 2.28. The molecule has 2 aromatic rings. The van der Waals surface area contributed by atoms with Gasteiger partial charge < -0.3 is 10.4 Å². The predicted molar refractivity (Wildman–Crippen MR) is 65.5 cm³/mol. The molecule has 0 saturated heterocycles. The molecule has 2 heterocycles. The monoisotopic (exact) mass is 263 g/mol. The maximum Gasteiger partial charge on any atom is 0.325 e. The van der Waals surface area contributed by atoms with E-state index in [0.29, 0.717) is 5.69 Å². The third kappa shape index (κ3) is 3.66. The zero-order valence-corrected chi connectivity index (χ0v) is 10.3. The summed E-state index contributed by atoms with van der Waals surface area (Å²) < 4.78 is 2.75. The molecule has 0 fully saturated rings. The highest BCUT2D eigenvalue weighted by Crippen LogP contribution is 2.05. The van der Waals surface area contributed by atoms with Gasteiger partial charge >= 0.3 is 5.97 Å². The molecule has 2 rings (SSSR count). The Balaban J connectivity index is 1.91. The smallest absolute Gasteiger partial charge is 0.325 e. The van der Waals surface area contributed by atoms with Crippen molar-refractivity contribution in [3.05, 3.63) is 30.4 Å². The maximum absolute atomic E-state index is 11.7. The molecule has 100 valence electrons. The van der Waals surface area contributed by atoms with Crippen molar-refractivity contribution in [2.24, 2.45) is 0 Å². The number of carbonyl (C=O) groups excluding carboxylic acids is 1. The van der Waals surface area contributed by atoms with Crippen molar-refractivity contribution in [1.29, 1.82) is 0 Å². The number of aromatic nitrogens is 4. The number of rotatable bonds is 5. The van der Waals surface area contributed by atoms with Crippen molar-refractivity contribution < 1.29 is 14.7 Å². The second kappa shape index (κ2) is 5.34. The van der Waals surface area contributed by atoms with Gasteiger partial charge in [-0.3, -0.25) is 19.0 Å². The normalized spacial score (nSPS) is 10.4. The van der Waals surface area contributed by atoms with E-state index in [1.807, 2.05) is 6.92 Å². The van der Waals surface area contributed by atoms with Gasteiger partial charge in [-0.05, 0) is 12.5 Å². The lowest BCUT2D eigenvalue weighted by molar-refractivity contribution is -0.137. The van der Waals surface area contributed by atoms with Crippen molar-refractivity contribution >= 4 is 17.6 Å². The van der Waals surface area contributed by atoms with Crippen molar-refractivity contribution in [3.8, 4) is 0 Å². The van der Waals surface area contributed by atoms with E-state index >= 15 is 0 Å². The first kappa shape index (κ1) is 12.8. The third-order valence-corrected chi connectivity index (χ3v) is 2.28. The highest BCUT2D eigenvalue weighted by atomic mass is 16.4. The van der Waals surface area contributed by atoms with E-state index < -0.39 is 5.97 Å². The number of hydrogen-bond donors (Lipinski definition) is 2.